The van der Waals surface area contributed by atoms with E-state index in [9.17, 15) is 5.11 Å². The molecule has 0 aliphatic carbocycles. The molecule has 0 radical (unpaired) electrons. The van der Waals surface area contributed by atoms with Crippen molar-refractivity contribution in [2.45, 2.75) is 12.0 Å². The van der Waals surface area contributed by atoms with Gasteiger partial charge in [0.25, 0.3) is 0 Å². The monoisotopic (exact) mass is 346 g/mol. The number of rotatable bonds is 2. The van der Waals surface area contributed by atoms with E-state index in [4.69, 9.17) is 0 Å². The average molecular weight is 346 g/mol. The summed E-state index contributed by atoms with van der Waals surface area (Å²) in [5.74, 6) is 0.660. The van der Waals surface area contributed by atoms with Crippen molar-refractivity contribution >= 4 is 22.2 Å². The number of hydrogen-bond acceptors (Lipinski definition) is 3. The first-order valence-electron chi connectivity index (χ1n) is 8.47. The third kappa shape index (κ3) is 2.37. The van der Waals surface area contributed by atoms with E-state index in [-0.39, 0.29) is 6.04 Å². The number of nitrogens with one attached hydrogen (secondary N) is 2. The Bertz CT molecular complexity index is 1020. The number of hydrogen-bond donors (Lipinski definition) is 3. The average Bonchev–Trinajstić information content (AvgIpc) is 3.30. The van der Waals surface area contributed by atoms with Gasteiger partial charge in [-0.3, -0.25) is 0 Å². The third-order valence-corrected chi connectivity index (χ3v) is 6.04. The Hall–Kier alpha value is -2.56. The Morgan fingerprint density at radius 3 is 2.60 bits per heavy atom. The van der Waals surface area contributed by atoms with Crippen molar-refractivity contribution in [3.05, 3.63) is 87.7 Å². The molecule has 1 aliphatic heterocycles. The molecule has 0 saturated carbocycles. The van der Waals surface area contributed by atoms with Crippen LogP contribution in [0.2, 0.25) is 0 Å². The largest absolute Gasteiger partial charge is 0.508 e. The van der Waals surface area contributed by atoms with Crippen molar-refractivity contribution in [2.24, 2.45) is 0 Å². The molecule has 2 aromatic carbocycles. The van der Waals surface area contributed by atoms with E-state index in [2.05, 4.69) is 52.1 Å². The SMILES string of the molecule is Oc1ccc([C@@H]2NC[C@H](c3cccs3)c3c2[nH]c2ccccc32)cc1. The van der Waals surface area contributed by atoms with Crippen LogP contribution in [0.15, 0.2) is 66.0 Å². The van der Waals surface area contributed by atoms with Gasteiger partial charge in [0.2, 0.25) is 0 Å². The predicted octanol–water partition coefficient (Wildman–Crippen LogP) is 4.76. The zero-order valence-electron chi connectivity index (χ0n) is 13.6. The van der Waals surface area contributed by atoms with Crippen LogP contribution in [0.25, 0.3) is 10.9 Å². The Balaban J connectivity index is 1.71. The van der Waals surface area contributed by atoms with Gasteiger partial charge < -0.3 is 15.4 Å². The van der Waals surface area contributed by atoms with Crippen molar-refractivity contribution in [3.63, 3.8) is 0 Å². The van der Waals surface area contributed by atoms with E-state index in [0.717, 1.165) is 12.1 Å². The molecule has 4 aromatic rings. The van der Waals surface area contributed by atoms with Gasteiger partial charge in [0.15, 0.2) is 0 Å². The highest BCUT2D eigenvalue weighted by Gasteiger charge is 2.32. The quantitative estimate of drug-likeness (QED) is 0.490. The number of fused-ring (bicyclic) bond motifs is 3. The molecule has 3 heterocycles. The van der Waals surface area contributed by atoms with Crippen LogP contribution in [-0.4, -0.2) is 16.6 Å². The summed E-state index contributed by atoms with van der Waals surface area (Å²) in [7, 11) is 0. The lowest BCUT2D eigenvalue weighted by Gasteiger charge is -2.30. The van der Waals surface area contributed by atoms with Gasteiger partial charge in [-0.05, 0) is 40.8 Å². The fourth-order valence-electron chi connectivity index (χ4n) is 3.91. The van der Waals surface area contributed by atoms with E-state index >= 15 is 0 Å². The summed E-state index contributed by atoms with van der Waals surface area (Å²) in [6.45, 7) is 0.904. The normalized spacial score (nSPS) is 19.8. The Kier molecular flexibility index (Phi) is 3.40. The van der Waals surface area contributed by atoms with Gasteiger partial charge in [0.05, 0.1) is 6.04 Å². The molecule has 4 heteroatoms. The molecule has 0 bridgehead atoms. The number of H-pyrrole nitrogens is 1. The van der Waals surface area contributed by atoms with Crippen molar-refractivity contribution in [3.8, 4) is 5.75 Å². The van der Waals surface area contributed by atoms with Crippen LogP contribution >= 0.6 is 11.3 Å². The molecular formula is C21H18N2OS. The number of aromatic amines is 1. The third-order valence-electron chi connectivity index (χ3n) is 5.05. The molecule has 3 N–H and O–H groups in total. The van der Waals surface area contributed by atoms with E-state index < -0.39 is 0 Å². The number of benzene rings is 2. The highest BCUT2D eigenvalue weighted by Crippen LogP contribution is 2.42. The fraction of sp³-hybridized carbons (Fsp3) is 0.143. The maximum Gasteiger partial charge on any atom is 0.115 e. The van der Waals surface area contributed by atoms with E-state index in [1.165, 1.54) is 27.0 Å². The standard InChI is InChI=1S/C21H18N2OS/c24-14-9-7-13(8-10-14)20-21-19(15-4-1-2-5-17(15)23-21)16(12-22-20)18-6-3-11-25-18/h1-11,16,20,22-24H,12H2/t16-,20+/m1/s1. The van der Waals surface area contributed by atoms with Gasteiger partial charge in [-0.1, -0.05) is 36.4 Å². The second kappa shape index (κ2) is 5.76. The Morgan fingerprint density at radius 2 is 1.80 bits per heavy atom. The lowest BCUT2D eigenvalue weighted by molar-refractivity contribution is 0.474. The summed E-state index contributed by atoms with van der Waals surface area (Å²) < 4.78 is 0. The van der Waals surface area contributed by atoms with Gasteiger partial charge in [-0.15, -0.1) is 11.3 Å². The number of aromatic nitrogens is 1. The summed E-state index contributed by atoms with van der Waals surface area (Å²) in [6, 6.07) is 20.5. The van der Waals surface area contributed by atoms with Crippen LogP contribution in [0.3, 0.4) is 0 Å². The van der Waals surface area contributed by atoms with Gasteiger partial charge >= 0.3 is 0 Å². The van der Waals surface area contributed by atoms with Crippen LogP contribution in [0.4, 0.5) is 0 Å². The maximum atomic E-state index is 9.60. The molecule has 1 aliphatic rings. The summed E-state index contributed by atoms with van der Waals surface area (Å²) >= 11 is 1.82. The smallest absolute Gasteiger partial charge is 0.115 e. The van der Waals surface area contributed by atoms with Crippen LogP contribution in [0.5, 0.6) is 5.75 Å². The minimum absolute atomic E-state index is 0.110. The number of phenols is 1. The first-order chi connectivity index (χ1) is 12.3. The number of aromatic hydroxyl groups is 1. The first-order valence-corrected chi connectivity index (χ1v) is 9.35. The molecule has 5 rings (SSSR count). The molecule has 0 amide bonds. The van der Waals surface area contributed by atoms with E-state index in [1.54, 1.807) is 12.1 Å². The predicted molar refractivity (Wildman–Crippen MR) is 102 cm³/mol. The minimum atomic E-state index is 0.110. The molecule has 124 valence electrons. The Morgan fingerprint density at radius 1 is 0.960 bits per heavy atom. The molecule has 0 unspecified atom stereocenters. The van der Waals surface area contributed by atoms with Crippen LogP contribution in [0.1, 0.15) is 33.7 Å². The van der Waals surface area contributed by atoms with Gasteiger partial charge in [-0.2, -0.15) is 0 Å². The first kappa shape index (κ1) is 14.8. The van der Waals surface area contributed by atoms with Crippen molar-refractivity contribution in [2.75, 3.05) is 6.54 Å². The van der Waals surface area contributed by atoms with Crippen molar-refractivity contribution in [1.29, 1.82) is 0 Å². The van der Waals surface area contributed by atoms with Crippen LogP contribution in [0, 0.1) is 0 Å². The summed E-state index contributed by atoms with van der Waals surface area (Å²) in [4.78, 5) is 5.04. The Labute approximate surface area is 150 Å². The zero-order chi connectivity index (χ0) is 16.8. The molecule has 0 fully saturated rings. The van der Waals surface area contributed by atoms with E-state index in [1.807, 2.05) is 23.5 Å². The zero-order valence-corrected chi connectivity index (χ0v) is 14.4. The van der Waals surface area contributed by atoms with Gasteiger partial charge in [0.1, 0.15) is 5.75 Å². The molecule has 0 spiro atoms. The molecule has 3 nitrogen and oxygen atoms in total. The number of phenolic OH excluding ortho intramolecular Hbond substituents is 1. The second-order valence-corrected chi connectivity index (χ2v) is 7.48. The molecule has 0 saturated heterocycles. The molecular weight excluding hydrogens is 328 g/mol. The maximum absolute atomic E-state index is 9.60. The lowest BCUT2D eigenvalue weighted by Crippen LogP contribution is -2.33. The van der Waals surface area contributed by atoms with Crippen LogP contribution < -0.4 is 5.32 Å². The molecule has 25 heavy (non-hydrogen) atoms. The summed E-state index contributed by atoms with van der Waals surface area (Å²) in [5, 5.41) is 16.8. The van der Waals surface area contributed by atoms with Gasteiger partial charge in [0, 0.05) is 33.9 Å². The minimum Gasteiger partial charge on any atom is -0.508 e. The van der Waals surface area contributed by atoms with Gasteiger partial charge in [-0.25, -0.2) is 0 Å². The summed E-state index contributed by atoms with van der Waals surface area (Å²) in [5.41, 5.74) is 4.98. The van der Waals surface area contributed by atoms with Crippen LogP contribution in [-0.2, 0) is 0 Å². The lowest BCUT2D eigenvalue weighted by atomic mass is 9.86. The van der Waals surface area contributed by atoms with Crippen molar-refractivity contribution in [1.82, 2.24) is 10.3 Å². The second-order valence-electron chi connectivity index (χ2n) is 6.50. The van der Waals surface area contributed by atoms with E-state index in [0.29, 0.717) is 11.7 Å². The number of thiophene rings is 1. The topological polar surface area (TPSA) is 48.0 Å². The summed E-state index contributed by atoms with van der Waals surface area (Å²) in [6.07, 6.45) is 0. The highest BCUT2D eigenvalue weighted by molar-refractivity contribution is 7.10. The molecule has 2 aromatic heterocycles. The fourth-order valence-corrected chi connectivity index (χ4v) is 4.75. The highest BCUT2D eigenvalue weighted by atomic mass is 32.1. The van der Waals surface area contributed by atoms with Crippen molar-refractivity contribution < 1.29 is 5.11 Å². The molecule has 2 atom stereocenters. The number of para-hydroxylation sites is 1.